The number of ether oxygens (including phenoxy) is 3. The molecular weight excluding hydrogens is 457 g/mol. The van der Waals surface area contributed by atoms with Gasteiger partial charge in [-0.2, -0.15) is 0 Å². The van der Waals surface area contributed by atoms with Gasteiger partial charge in [-0.25, -0.2) is 0 Å². The molecule has 1 saturated heterocycles. The standard InChI is InChI=1S/C20H33N3O3.HI/c1-4-25-18-8-6-17(7-9-18)16-23(3)20(21-2)22-12-5-13-26-19-10-14-24-15-11-19;/h6-9,19H,4-5,10-16H2,1-3H3,(H,21,22);1H. The predicted molar refractivity (Wildman–Crippen MR) is 120 cm³/mol. The van der Waals surface area contributed by atoms with Crippen LogP contribution in [0, 0.1) is 0 Å². The molecule has 1 fully saturated rings. The summed E-state index contributed by atoms with van der Waals surface area (Å²) in [4.78, 5) is 6.49. The van der Waals surface area contributed by atoms with Crippen LogP contribution in [0.5, 0.6) is 5.75 Å². The summed E-state index contributed by atoms with van der Waals surface area (Å²) in [6.07, 6.45) is 3.36. The zero-order valence-corrected chi connectivity index (χ0v) is 19.1. The van der Waals surface area contributed by atoms with E-state index in [1.54, 1.807) is 0 Å². The van der Waals surface area contributed by atoms with Crippen molar-refractivity contribution in [1.82, 2.24) is 10.2 Å². The van der Waals surface area contributed by atoms with Crippen LogP contribution in [0.1, 0.15) is 31.7 Å². The van der Waals surface area contributed by atoms with Crippen molar-refractivity contribution in [3.63, 3.8) is 0 Å². The molecule has 6 nitrogen and oxygen atoms in total. The Morgan fingerprint density at radius 2 is 1.96 bits per heavy atom. The SMILES string of the molecule is CCOc1ccc(CN(C)C(=NC)NCCCOC2CCOCC2)cc1.I. The molecular formula is C20H34IN3O3. The molecule has 0 aliphatic carbocycles. The average molecular weight is 491 g/mol. The van der Waals surface area contributed by atoms with E-state index in [1.165, 1.54) is 5.56 Å². The zero-order chi connectivity index (χ0) is 18.6. The van der Waals surface area contributed by atoms with Crippen molar-refractivity contribution in [2.24, 2.45) is 4.99 Å². The molecule has 0 amide bonds. The third kappa shape index (κ3) is 9.12. The second-order valence-electron chi connectivity index (χ2n) is 6.44. The molecule has 154 valence electrons. The van der Waals surface area contributed by atoms with Crippen molar-refractivity contribution in [3.05, 3.63) is 29.8 Å². The normalized spacial score (nSPS) is 15.1. The smallest absolute Gasteiger partial charge is 0.193 e. The fourth-order valence-electron chi connectivity index (χ4n) is 2.96. The molecule has 0 spiro atoms. The van der Waals surface area contributed by atoms with Gasteiger partial charge in [-0.05, 0) is 43.9 Å². The molecule has 1 aromatic rings. The monoisotopic (exact) mass is 491 g/mol. The lowest BCUT2D eigenvalue weighted by molar-refractivity contribution is -0.0320. The van der Waals surface area contributed by atoms with E-state index in [0.29, 0.717) is 12.7 Å². The van der Waals surface area contributed by atoms with Gasteiger partial charge in [-0.3, -0.25) is 4.99 Å². The maximum absolute atomic E-state index is 5.90. The lowest BCUT2D eigenvalue weighted by Gasteiger charge is -2.24. The van der Waals surface area contributed by atoms with E-state index >= 15 is 0 Å². The summed E-state index contributed by atoms with van der Waals surface area (Å²) in [5, 5.41) is 3.41. The largest absolute Gasteiger partial charge is 0.494 e. The van der Waals surface area contributed by atoms with Crippen molar-refractivity contribution in [3.8, 4) is 5.75 Å². The second-order valence-corrected chi connectivity index (χ2v) is 6.44. The van der Waals surface area contributed by atoms with Crippen LogP contribution in [0.25, 0.3) is 0 Å². The quantitative estimate of drug-likeness (QED) is 0.249. The number of hydrogen-bond donors (Lipinski definition) is 1. The fraction of sp³-hybridized carbons (Fsp3) is 0.650. The third-order valence-electron chi connectivity index (χ3n) is 4.35. The first kappa shape index (κ1) is 24.0. The minimum Gasteiger partial charge on any atom is -0.494 e. The highest BCUT2D eigenvalue weighted by molar-refractivity contribution is 14.0. The molecule has 27 heavy (non-hydrogen) atoms. The van der Waals surface area contributed by atoms with Gasteiger partial charge in [0.15, 0.2) is 5.96 Å². The van der Waals surface area contributed by atoms with E-state index in [2.05, 4.69) is 27.3 Å². The molecule has 1 aromatic carbocycles. The van der Waals surface area contributed by atoms with Gasteiger partial charge in [-0.1, -0.05) is 12.1 Å². The van der Waals surface area contributed by atoms with Crippen LogP contribution >= 0.6 is 24.0 Å². The predicted octanol–water partition coefficient (Wildman–Crippen LogP) is 3.30. The Labute approximate surface area is 180 Å². The Kier molecular flexibility index (Phi) is 12.4. The lowest BCUT2D eigenvalue weighted by Crippen LogP contribution is -2.39. The van der Waals surface area contributed by atoms with E-state index in [4.69, 9.17) is 14.2 Å². The maximum atomic E-state index is 5.90. The molecule has 0 unspecified atom stereocenters. The average Bonchev–Trinajstić information content (AvgIpc) is 2.67. The van der Waals surface area contributed by atoms with Crippen molar-refractivity contribution < 1.29 is 14.2 Å². The topological polar surface area (TPSA) is 55.3 Å². The molecule has 1 aliphatic rings. The summed E-state index contributed by atoms with van der Waals surface area (Å²) in [7, 11) is 3.86. The minimum atomic E-state index is 0. The van der Waals surface area contributed by atoms with Crippen molar-refractivity contribution in [2.75, 3.05) is 47.1 Å². The molecule has 0 radical (unpaired) electrons. The minimum absolute atomic E-state index is 0. The van der Waals surface area contributed by atoms with Crippen LogP contribution in [0.3, 0.4) is 0 Å². The van der Waals surface area contributed by atoms with Crippen LogP contribution < -0.4 is 10.1 Å². The first-order chi connectivity index (χ1) is 12.7. The summed E-state index contributed by atoms with van der Waals surface area (Å²) in [5.74, 6) is 1.80. The van der Waals surface area contributed by atoms with Crippen LogP contribution in [0.15, 0.2) is 29.3 Å². The highest BCUT2D eigenvalue weighted by Gasteiger charge is 2.13. The van der Waals surface area contributed by atoms with Crippen molar-refractivity contribution in [2.45, 2.75) is 38.8 Å². The number of benzene rings is 1. The molecule has 1 heterocycles. The first-order valence-electron chi connectivity index (χ1n) is 9.55. The van der Waals surface area contributed by atoms with E-state index < -0.39 is 0 Å². The highest BCUT2D eigenvalue weighted by atomic mass is 127. The summed E-state index contributed by atoms with van der Waals surface area (Å²) in [6.45, 7) is 6.75. The second kappa shape index (κ2) is 14.0. The molecule has 1 aliphatic heterocycles. The molecule has 0 aromatic heterocycles. The number of nitrogens with one attached hydrogen (secondary N) is 1. The van der Waals surface area contributed by atoms with Gasteiger partial charge in [-0.15, -0.1) is 24.0 Å². The van der Waals surface area contributed by atoms with Gasteiger partial charge in [0.05, 0.1) is 12.7 Å². The summed E-state index contributed by atoms with van der Waals surface area (Å²) >= 11 is 0. The number of hydrogen-bond acceptors (Lipinski definition) is 4. The van der Waals surface area contributed by atoms with E-state index in [9.17, 15) is 0 Å². The van der Waals surface area contributed by atoms with Gasteiger partial charge in [0.1, 0.15) is 5.75 Å². The Balaban J connectivity index is 0.00000364. The number of rotatable bonds is 9. The summed E-state index contributed by atoms with van der Waals surface area (Å²) in [5.41, 5.74) is 1.22. The van der Waals surface area contributed by atoms with Crippen molar-refractivity contribution >= 4 is 29.9 Å². The Hall–Kier alpha value is -1.06. The van der Waals surface area contributed by atoms with Gasteiger partial charge >= 0.3 is 0 Å². The Morgan fingerprint density at radius 3 is 2.59 bits per heavy atom. The van der Waals surface area contributed by atoms with Crippen LogP contribution in [0.2, 0.25) is 0 Å². The van der Waals surface area contributed by atoms with Crippen molar-refractivity contribution in [1.29, 1.82) is 0 Å². The molecule has 7 heteroatoms. The highest BCUT2D eigenvalue weighted by Crippen LogP contribution is 2.13. The van der Waals surface area contributed by atoms with Crippen LogP contribution in [-0.2, 0) is 16.0 Å². The number of nitrogens with zero attached hydrogens (tertiary/aromatic N) is 2. The van der Waals surface area contributed by atoms with Gasteiger partial charge in [0.25, 0.3) is 0 Å². The van der Waals surface area contributed by atoms with Gasteiger partial charge < -0.3 is 24.4 Å². The summed E-state index contributed by atoms with van der Waals surface area (Å²) in [6, 6.07) is 8.21. The number of aliphatic imine (C=N–C) groups is 1. The molecule has 1 N–H and O–H groups in total. The molecule has 0 saturated carbocycles. The summed E-state index contributed by atoms with van der Waals surface area (Å²) < 4.78 is 16.7. The van der Waals surface area contributed by atoms with E-state index in [-0.39, 0.29) is 24.0 Å². The fourth-order valence-corrected chi connectivity index (χ4v) is 2.96. The zero-order valence-electron chi connectivity index (χ0n) is 16.8. The first-order valence-corrected chi connectivity index (χ1v) is 9.55. The maximum Gasteiger partial charge on any atom is 0.193 e. The Morgan fingerprint density at radius 1 is 1.26 bits per heavy atom. The number of guanidine groups is 1. The molecule has 2 rings (SSSR count). The van der Waals surface area contributed by atoms with Gasteiger partial charge in [0, 0.05) is 47.0 Å². The third-order valence-corrected chi connectivity index (χ3v) is 4.35. The van der Waals surface area contributed by atoms with Gasteiger partial charge in [0.2, 0.25) is 0 Å². The van der Waals surface area contributed by atoms with Crippen LogP contribution in [0.4, 0.5) is 0 Å². The van der Waals surface area contributed by atoms with E-state index in [1.807, 2.05) is 33.2 Å². The molecule has 0 atom stereocenters. The Bertz CT molecular complexity index is 534. The molecule has 0 bridgehead atoms. The van der Waals surface area contributed by atoms with Crippen LogP contribution in [-0.4, -0.2) is 64.0 Å². The lowest BCUT2D eigenvalue weighted by atomic mass is 10.1. The van der Waals surface area contributed by atoms with E-state index in [0.717, 1.165) is 63.9 Å². The number of halogens is 1.